The van der Waals surface area contributed by atoms with Crippen LogP contribution in [0.25, 0.3) is 0 Å². The van der Waals surface area contributed by atoms with Gasteiger partial charge in [0.05, 0.1) is 6.10 Å². The van der Waals surface area contributed by atoms with Crippen LogP contribution in [0.3, 0.4) is 0 Å². The molecule has 0 radical (unpaired) electrons. The Morgan fingerprint density at radius 3 is 2.29 bits per heavy atom. The molecule has 0 aliphatic heterocycles. The van der Waals surface area contributed by atoms with Gasteiger partial charge >= 0.3 is 0 Å². The maximum absolute atomic E-state index is 6.12. The first-order valence-electron chi connectivity index (χ1n) is 8.64. The van der Waals surface area contributed by atoms with E-state index in [0.717, 1.165) is 13.2 Å². The zero-order valence-electron chi connectivity index (χ0n) is 14.1. The van der Waals surface area contributed by atoms with E-state index in [1.165, 1.54) is 44.1 Å². The smallest absolute Gasteiger partial charge is 0.0949 e. The Labute approximate surface area is 131 Å². The minimum atomic E-state index is 0.171. The van der Waals surface area contributed by atoms with E-state index in [1.54, 1.807) is 0 Å². The van der Waals surface area contributed by atoms with Crippen molar-refractivity contribution in [3.05, 3.63) is 35.9 Å². The van der Waals surface area contributed by atoms with Crippen molar-refractivity contribution in [2.45, 2.75) is 71.4 Å². The van der Waals surface area contributed by atoms with Crippen LogP contribution in [-0.4, -0.2) is 19.2 Å². The molecule has 1 aromatic rings. The van der Waals surface area contributed by atoms with Crippen molar-refractivity contribution in [1.82, 2.24) is 5.32 Å². The lowest BCUT2D eigenvalue weighted by Crippen LogP contribution is -2.29. The second-order valence-corrected chi connectivity index (χ2v) is 6.10. The number of ether oxygens (including phenoxy) is 1. The molecule has 1 N–H and O–H groups in total. The van der Waals surface area contributed by atoms with Crippen molar-refractivity contribution < 1.29 is 4.74 Å². The molecule has 0 bridgehead atoms. The van der Waals surface area contributed by atoms with Crippen LogP contribution < -0.4 is 5.32 Å². The van der Waals surface area contributed by atoms with Gasteiger partial charge in [-0.3, -0.25) is 0 Å². The fourth-order valence-electron chi connectivity index (χ4n) is 2.39. The highest BCUT2D eigenvalue weighted by molar-refractivity contribution is 5.17. The summed E-state index contributed by atoms with van der Waals surface area (Å²) in [6.07, 6.45) is 8.03. The van der Waals surface area contributed by atoms with Gasteiger partial charge in [0.2, 0.25) is 0 Å². The molecule has 0 spiro atoms. The van der Waals surface area contributed by atoms with Gasteiger partial charge in [0, 0.05) is 19.2 Å². The van der Waals surface area contributed by atoms with Gasteiger partial charge in [-0.05, 0) is 12.0 Å². The Morgan fingerprint density at radius 2 is 1.62 bits per heavy atom. The van der Waals surface area contributed by atoms with Gasteiger partial charge in [0.15, 0.2) is 0 Å². The van der Waals surface area contributed by atoms with Gasteiger partial charge < -0.3 is 10.1 Å². The first-order chi connectivity index (χ1) is 10.2. The van der Waals surface area contributed by atoms with Crippen LogP contribution in [0.2, 0.25) is 0 Å². The van der Waals surface area contributed by atoms with Gasteiger partial charge in [-0.1, -0.05) is 83.2 Å². The minimum absolute atomic E-state index is 0.171. The fraction of sp³-hybridized carbons (Fsp3) is 0.684. The summed E-state index contributed by atoms with van der Waals surface area (Å²) in [4.78, 5) is 0. The Morgan fingerprint density at radius 1 is 0.952 bits per heavy atom. The van der Waals surface area contributed by atoms with Crippen molar-refractivity contribution in [2.75, 3.05) is 13.2 Å². The average Bonchev–Trinajstić information content (AvgIpc) is 2.50. The Balaban J connectivity index is 2.29. The molecule has 0 saturated carbocycles. The molecular weight excluding hydrogens is 258 g/mol. The predicted octanol–water partition coefficient (Wildman–Crippen LogP) is 5.10. The quantitative estimate of drug-likeness (QED) is 0.541. The number of hydrogen-bond donors (Lipinski definition) is 1. The highest BCUT2D eigenvalue weighted by Gasteiger charge is 2.11. The summed E-state index contributed by atoms with van der Waals surface area (Å²) in [5, 5.41) is 3.49. The zero-order valence-corrected chi connectivity index (χ0v) is 14.1. The molecule has 0 amide bonds. The van der Waals surface area contributed by atoms with Crippen LogP contribution in [0.5, 0.6) is 0 Å². The number of unbranched alkanes of at least 4 members (excludes halogenated alkanes) is 5. The third kappa shape index (κ3) is 8.90. The van der Waals surface area contributed by atoms with Crippen LogP contribution >= 0.6 is 0 Å². The van der Waals surface area contributed by atoms with Gasteiger partial charge in [-0.25, -0.2) is 0 Å². The molecule has 0 fully saturated rings. The third-order valence-electron chi connectivity index (χ3n) is 3.70. The molecule has 0 heterocycles. The molecule has 0 aliphatic carbocycles. The van der Waals surface area contributed by atoms with Crippen molar-refractivity contribution in [3.8, 4) is 0 Å². The maximum Gasteiger partial charge on any atom is 0.0949 e. The number of benzene rings is 1. The second-order valence-electron chi connectivity index (χ2n) is 6.10. The van der Waals surface area contributed by atoms with E-state index >= 15 is 0 Å². The summed E-state index contributed by atoms with van der Waals surface area (Å²) in [6.45, 7) is 8.36. The Bertz CT molecular complexity index is 337. The molecule has 1 unspecified atom stereocenters. The maximum atomic E-state index is 6.12. The SMILES string of the molecule is CCCCCCCCOC(CNC(C)C)c1ccccc1. The standard InChI is InChI=1S/C19H33NO/c1-4-5-6-7-8-12-15-21-19(16-20-17(2)3)18-13-10-9-11-14-18/h9-11,13-14,17,19-20H,4-8,12,15-16H2,1-3H3. The van der Waals surface area contributed by atoms with E-state index in [2.05, 4.69) is 56.4 Å². The van der Waals surface area contributed by atoms with E-state index in [4.69, 9.17) is 4.74 Å². The molecule has 2 nitrogen and oxygen atoms in total. The number of nitrogens with one attached hydrogen (secondary N) is 1. The first-order valence-corrected chi connectivity index (χ1v) is 8.64. The van der Waals surface area contributed by atoms with Crippen molar-refractivity contribution >= 4 is 0 Å². The lowest BCUT2D eigenvalue weighted by molar-refractivity contribution is 0.0485. The molecule has 1 atom stereocenters. The van der Waals surface area contributed by atoms with E-state index in [9.17, 15) is 0 Å². The molecule has 1 rings (SSSR count). The largest absolute Gasteiger partial charge is 0.372 e. The zero-order chi connectivity index (χ0) is 15.3. The molecule has 2 heteroatoms. The number of rotatable bonds is 12. The van der Waals surface area contributed by atoms with Gasteiger partial charge in [0.25, 0.3) is 0 Å². The average molecular weight is 291 g/mol. The molecule has 0 aliphatic rings. The van der Waals surface area contributed by atoms with E-state index < -0.39 is 0 Å². The minimum Gasteiger partial charge on any atom is -0.372 e. The van der Waals surface area contributed by atoms with E-state index in [1.807, 2.05) is 0 Å². The van der Waals surface area contributed by atoms with E-state index in [-0.39, 0.29) is 6.10 Å². The van der Waals surface area contributed by atoms with Gasteiger partial charge in [-0.2, -0.15) is 0 Å². The Hall–Kier alpha value is -0.860. The summed E-state index contributed by atoms with van der Waals surface area (Å²) in [7, 11) is 0. The van der Waals surface area contributed by atoms with Crippen molar-refractivity contribution in [2.24, 2.45) is 0 Å². The second kappa shape index (κ2) is 11.8. The third-order valence-corrected chi connectivity index (χ3v) is 3.70. The lowest BCUT2D eigenvalue weighted by atomic mass is 10.1. The summed E-state index contributed by atoms with van der Waals surface area (Å²) < 4.78 is 6.12. The van der Waals surface area contributed by atoms with Crippen molar-refractivity contribution in [3.63, 3.8) is 0 Å². The van der Waals surface area contributed by atoms with Crippen LogP contribution in [0.15, 0.2) is 30.3 Å². The topological polar surface area (TPSA) is 21.3 Å². The molecule has 0 saturated heterocycles. The summed E-state index contributed by atoms with van der Waals surface area (Å²) in [5.41, 5.74) is 1.27. The van der Waals surface area contributed by atoms with Gasteiger partial charge in [-0.15, -0.1) is 0 Å². The molecule has 21 heavy (non-hydrogen) atoms. The van der Waals surface area contributed by atoms with Crippen LogP contribution in [-0.2, 0) is 4.74 Å². The summed E-state index contributed by atoms with van der Waals surface area (Å²) in [5.74, 6) is 0. The summed E-state index contributed by atoms with van der Waals surface area (Å²) >= 11 is 0. The monoisotopic (exact) mass is 291 g/mol. The molecule has 0 aromatic heterocycles. The lowest BCUT2D eigenvalue weighted by Gasteiger charge is -2.20. The molecular formula is C19H33NO. The first kappa shape index (κ1) is 18.2. The molecule has 1 aromatic carbocycles. The molecule has 120 valence electrons. The van der Waals surface area contributed by atoms with Gasteiger partial charge in [0.1, 0.15) is 0 Å². The van der Waals surface area contributed by atoms with Crippen LogP contribution in [0.4, 0.5) is 0 Å². The highest BCUT2D eigenvalue weighted by atomic mass is 16.5. The predicted molar refractivity (Wildman–Crippen MR) is 91.6 cm³/mol. The normalized spacial score (nSPS) is 12.8. The summed E-state index contributed by atoms with van der Waals surface area (Å²) in [6, 6.07) is 11.1. The number of hydrogen-bond acceptors (Lipinski definition) is 2. The Kier molecular flexibility index (Phi) is 10.2. The van der Waals surface area contributed by atoms with Crippen molar-refractivity contribution in [1.29, 1.82) is 0 Å². The van der Waals surface area contributed by atoms with E-state index in [0.29, 0.717) is 6.04 Å². The highest BCUT2D eigenvalue weighted by Crippen LogP contribution is 2.17. The van der Waals surface area contributed by atoms with Crippen LogP contribution in [0, 0.1) is 0 Å². The van der Waals surface area contributed by atoms with Crippen LogP contribution in [0.1, 0.15) is 71.0 Å². The fourth-order valence-corrected chi connectivity index (χ4v) is 2.39.